The van der Waals surface area contributed by atoms with Crippen LogP contribution in [0.2, 0.25) is 0 Å². The number of nitrogens with one attached hydrogen (secondary N) is 1. The van der Waals surface area contributed by atoms with Crippen molar-refractivity contribution in [2.24, 2.45) is 5.73 Å². The number of carbonyl (C=O) groups excluding carboxylic acids is 3. The average molecular weight is 546 g/mol. The number of carbonyl (C=O) groups is 3. The van der Waals surface area contributed by atoms with Gasteiger partial charge >= 0.3 is 0 Å². The number of hydrogen-bond acceptors (Lipinski definition) is 8. The van der Waals surface area contributed by atoms with Gasteiger partial charge in [0.1, 0.15) is 10.9 Å². The molecule has 0 aliphatic heterocycles. The first kappa shape index (κ1) is 27.1. The van der Waals surface area contributed by atoms with Gasteiger partial charge in [0.25, 0.3) is 11.8 Å². The molecule has 0 fully saturated rings. The van der Waals surface area contributed by atoms with Crippen molar-refractivity contribution in [2.75, 3.05) is 24.9 Å². The van der Waals surface area contributed by atoms with Crippen LogP contribution in [0.15, 0.2) is 78.9 Å². The fourth-order valence-corrected chi connectivity index (χ4v) is 4.78. The summed E-state index contributed by atoms with van der Waals surface area (Å²) in [7, 11) is 2.99. The number of amides is 3. The highest BCUT2D eigenvalue weighted by Crippen LogP contribution is 2.36. The molecular weight excluding hydrogens is 518 g/mol. The second kappa shape index (κ2) is 12.1. The standard InChI is InChI=1S/C28H27N5O5S/c1-37-20-14-13-18(15-21(20)38-2)24(27(35)31-16-17-9-5-3-6-10-17)33(19-11-7-4-8-12-19)28(36)25-22(29)23(26(30)34)32-39-25/h3-15,24H,16,29H2,1-2H3,(H2,30,34)(H,31,35)/t24-/m0/s1. The minimum absolute atomic E-state index is 0.0195. The number of hydrogen-bond donors (Lipinski definition) is 3. The smallest absolute Gasteiger partial charge is 0.273 e. The number of benzene rings is 3. The number of primary amides is 1. The number of rotatable bonds is 10. The van der Waals surface area contributed by atoms with Crippen LogP contribution in [0.3, 0.4) is 0 Å². The molecule has 0 bridgehead atoms. The van der Waals surface area contributed by atoms with E-state index in [-0.39, 0.29) is 22.8 Å². The van der Waals surface area contributed by atoms with E-state index in [0.29, 0.717) is 22.7 Å². The second-order valence-corrected chi connectivity index (χ2v) is 9.14. The first-order valence-electron chi connectivity index (χ1n) is 11.8. The van der Waals surface area contributed by atoms with Crippen molar-refractivity contribution in [1.29, 1.82) is 0 Å². The Kier molecular flexibility index (Phi) is 8.42. The Morgan fingerprint density at radius 1 is 0.949 bits per heavy atom. The zero-order valence-electron chi connectivity index (χ0n) is 21.3. The van der Waals surface area contributed by atoms with Gasteiger partial charge in [0.05, 0.1) is 19.9 Å². The maximum Gasteiger partial charge on any atom is 0.273 e. The largest absolute Gasteiger partial charge is 0.493 e. The van der Waals surface area contributed by atoms with Crippen molar-refractivity contribution < 1.29 is 23.9 Å². The molecule has 200 valence electrons. The topological polar surface area (TPSA) is 150 Å². The predicted octanol–water partition coefficient (Wildman–Crippen LogP) is 3.55. The summed E-state index contributed by atoms with van der Waals surface area (Å²) in [5.41, 5.74) is 12.9. The molecule has 0 saturated carbocycles. The molecule has 0 unspecified atom stereocenters. The third-order valence-corrected chi connectivity index (χ3v) is 6.80. The van der Waals surface area contributed by atoms with Gasteiger partial charge in [-0.3, -0.25) is 19.3 Å². The predicted molar refractivity (Wildman–Crippen MR) is 149 cm³/mol. The Labute approximate surface area is 229 Å². The van der Waals surface area contributed by atoms with E-state index in [1.807, 2.05) is 30.3 Å². The summed E-state index contributed by atoms with van der Waals surface area (Å²) in [6.07, 6.45) is 0. The summed E-state index contributed by atoms with van der Waals surface area (Å²) in [5.74, 6) is -1.10. The Morgan fingerprint density at radius 3 is 2.18 bits per heavy atom. The Morgan fingerprint density at radius 2 is 1.59 bits per heavy atom. The Bertz CT molecular complexity index is 1480. The van der Waals surface area contributed by atoms with Crippen LogP contribution in [0.4, 0.5) is 11.4 Å². The molecule has 11 heteroatoms. The molecule has 0 radical (unpaired) electrons. The summed E-state index contributed by atoms with van der Waals surface area (Å²) >= 11 is 0.740. The molecule has 4 aromatic rings. The molecule has 10 nitrogen and oxygen atoms in total. The lowest BCUT2D eigenvalue weighted by atomic mass is 10.0. The third kappa shape index (κ3) is 5.83. The third-order valence-electron chi connectivity index (χ3n) is 5.95. The van der Waals surface area contributed by atoms with E-state index in [0.717, 1.165) is 17.1 Å². The first-order valence-corrected chi connectivity index (χ1v) is 12.6. The summed E-state index contributed by atoms with van der Waals surface area (Å²) in [4.78, 5) is 41.1. The van der Waals surface area contributed by atoms with Gasteiger partial charge in [-0.25, -0.2) is 0 Å². The van der Waals surface area contributed by atoms with E-state index in [1.54, 1.807) is 48.5 Å². The number of anilines is 2. The van der Waals surface area contributed by atoms with Crippen molar-refractivity contribution in [1.82, 2.24) is 9.69 Å². The lowest BCUT2D eigenvalue weighted by molar-refractivity contribution is -0.122. The Balaban J connectivity index is 1.85. The molecule has 5 N–H and O–H groups in total. The molecule has 4 rings (SSSR count). The summed E-state index contributed by atoms with van der Waals surface area (Å²) in [6.45, 7) is 0.231. The van der Waals surface area contributed by atoms with Crippen LogP contribution in [0, 0.1) is 0 Å². The molecule has 39 heavy (non-hydrogen) atoms. The van der Waals surface area contributed by atoms with Gasteiger partial charge in [0, 0.05) is 12.2 Å². The van der Waals surface area contributed by atoms with Gasteiger partial charge in [-0.2, -0.15) is 4.37 Å². The highest BCUT2D eigenvalue weighted by Gasteiger charge is 2.36. The van der Waals surface area contributed by atoms with Gasteiger partial charge in [-0.1, -0.05) is 54.6 Å². The van der Waals surface area contributed by atoms with E-state index in [1.165, 1.54) is 19.1 Å². The lowest BCUT2D eigenvalue weighted by Crippen LogP contribution is -2.44. The van der Waals surface area contributed by atoms with Crippen molar-refractivity contribution >= 4 is 40.6 Å². The molecule has 0 spiro atoms. The number of para-hydroxylation sites is 1. The number of nitrogens with two attached hydrogens (primary N) is 2. The number of methoxy groups -OCH3 is 2. The summed E-state index contributed by atoms with van der Waals surface area (Å²) in [6, 6.07) is 21.9. The summed E-state index contributed by atoms with van der Waals surface area (Å²) in [5, 5.41) is 2.94. The first-order chi connectivity index (χ1) is 18.8. The monoisotopic (exact) mass is 545 g/mol. The maximum atomic E-state index is 14.1. The van der Waals surface area contributed by atoms with E-state index in [2.05, 4.69) is 9.69 Å². The number of nitrogen functional groups attached to an aromatic ring is 1. The van der Waals surface area contributed by atoms with Crippen molar-refractivity contribution in [3.8, 4) is 11.5 Å². The zero-order valence-corrected chi connectivity index (χ0v) is 22.1. The molecule has 1 aromatic heterocycles. The van der Waals surface area contributed by atoms with E-state index < -0.39 is 23.8 Å². The van der Waals surface area contributed by atoms with E-state index in [4.69, 9.17) is 20.9 Å². The van der Waals surface area contributed by atoms with Gasteiger partial charge in [-0.15, -0.1) is 0 Å². The average Bonchev–Trinajstić information content (AvgIpc) is 3.36. The molecule has 1 atom stereocenters. The van der Waals surface area contributed by atoms with Crippen molar-refractivity contribution in [3.05, 3.63) is 101 Å². The molecule has 1 heterocycles. The van der Waals surface area contributed by atoms with Crippen LogP contribution in [-0.4, -0.2) is 36.3 Å². The fourth-order valence-electron chi connectivity index (χ4n) is 4.03. The van der Waals surface area contributed by atoms with Gasteiger partial charge in [-0.05, 0) is 46.9 Å². The van der Waals surface area contributed by atoms with Crippen molar-refractivity contribution in [2.45, 2.75) is 12.6 Å². The van der Waals surface area contributed by atoms with Crippen LogP contribution in [-0.2, 0) is 11.3 Å². The molecule has 0 aliphatic rings. The van der Waals surface area contributed by atoms with Crippen LogP contribution >= 0.6 is 11.5 Å². The van der Waals surface area contributed by atoms with Crippen LogP contribution in [0.25, 0.3) is 0 Å². The number of aromatic nitrogens is 1. The molecule has 0 saturated heterocycles. The van der Waals surface area contributed by atoms with Gasteiger partial charge < -0.3 is 26.3 Å². The second-order valence-electron chi connectivity index (χ2n) is 8.37. The van der Waals surface area contributed by atoms with Crippen molar-refractivity contribution in [3.63, 3.8) is 0 Å². The molecule has 0 aliphatic carbocycles. The van der Waals surface area contributed by atoms with E-state index in [9.17, 15) is 14.4 Å². The highest BCUT2D eigenvalue weighted by molar-refractivity contribution is 7.09. The van der Waals surface area contributed by atoms with Crippen LogP contribution in [0.5, 0.6) is 11.5 Å². The molecule has 3 amide bonds. The van der Waals surface area contributed by atoms with E-state index >= 15 is 0 Å². The summed E-state index contributed by atoms with van der Waals surface area (Å²) < 4.78 is 14.8. The zero-order chi connectivity index (χ0) is 27.9. The lowest BCUT2D eigenvalue weighted by Gasteiger charge is -2.31. The maximum absolute atomic E-state index is 14.1. The van der Waals surface area contributed by atoms with Gasteiger partial charge in [0.15, 0.2) is 17.2 Å². The van der Waals surface area contributed by atoms with Gasteiger partial charge in [0.2, 0.25) is 5.91 Å². The Hall–Kier alpha value is -4.90. The number of ether oxygens (including phenoxy) is 2. The highest BCUT2D eigenvalue weighted by atomic mass is 32.1. The fraction of sp³-hybridized carbons (Fsp3) is 0.143. The minimum atomic E-state index is -1.16. The van der Waals surface area contributed by atoms with Crippen LogP contribution < -0.4 is 31.2 Å². The minimum Gasteiger partial charge on any atom is -0.493 e. The van der Waals surface area contributed by atoms with Crippen LogP contribution in [0.1, 0.15) is 37.3 Å². The molecular formula is C28H27N5O5S. The normalized spacial score (nSPS) is 11.3. The quantitative estimate of drug-likeness (QED) is 0.276. The molecule has 3 aromatic carbocycles. The SMILES string of the molecule is COc1ccc([C@@H](C(=O)NCc2ccccc2)N(C(=O)c2snc(C(N)=O)c2N)c2ccccc2)cc1OC. The number of nitrogens with zero attached hydrogens (tertiary/aromatic N) is 2.